The molecule has 38 heavy (non-hydrogen) atoms. The molecule has 7 nitrogen and oxygen atoms in total. The van der Waals surface area contributed by atoms with Crippen LogP contribution in [0.25, 0.3) is 5.76 Å². The predicted molar refractivity (Wildman–Crippen MR) is 144 cm³/mol. The van der Waals surface area contributed by atoms with Crippen LogP contribution in [0.3, 0.4) is 0 Å². The van der Waals surface area contributed by atoms with Crippen molar-refractivity contribution in [1.82, 2.24) is 0 Å². The first-order valence-electron chi connectivity index (χ1n) is 13.7. The topological polar surface area (TPSA) is 132 Å². The molecule has 0 saturated heterocycles. The minimum absolute atomic E-state index is 0.0822. The highest BCUT2D eigenvalue weighted by atomic mass is 16.3. The number of unbranched alkanes of at least 4 members (excludes halogenated alkanes) is 1. The molecule has 0 spiro atoms. The molecule has 1 aromatic rings. The summed E-state index contributed by atoms with van der Waals surface area (Å²) in [5.41, 5.74) is -3.03. The number of phenols is 1. The number of hydrogen-bond donors (Lipinski definition) is 4. The number of hydrogen-bond acceptors (Lipinski definition) is 7. The Hall–Kier alpha value is -2.93. The number of phenolic OH excluding ortho intramolecular Hbond substituents is 1. The van der Waals surface area contributed by atoms with Gasteiger partial charge in [-0.05, 0) is 61.6 Å². The number of fused-ring (bicyclic) bond motifs is 3. The summed E-state index contributed by atoms with van der Waals surface area (Å²) in [6, 6.07) is 1.98. The van der Waals surface area contributed by atoms with Crippen LogP contribution < -0.4 is 0 Å². The zero-order chi connectivity index (χ0) is 28.5. The summed E-state index contributed by atoms with van der Waals surface area (Å²) in [7, 11) is 0. The summed E-state index contributed by atoms with van der Waals surface area (Å²) in [6.07, 6.45) is 3.58. The molecule has 1 unspecified atom stereocenters. The van der Waals surface area contributed by atoms with E-state index in [9.17, 15) is 34.8 Å². The summed E-state index contributed by atoms with van der Waals surface area (Å²) < 4.78 is 0. The molecule has 3 aliphatic carbocycles. The van der Waals surface area contributed by atoms with E-state index in [0.717, 1.165) is 37.3 Å². The molecule has 4 atom stereocenters. The van der Waals surface area contributed by atoms with E-state index in [2.05, 4.69) is 6.92 Å². The standard InChI is InChI=1S/C31H40O7/c1-8-10-11-18-12-17(9-2)24(33)21-19(18)13-29(6)14-30(7)22(15(3)4)25(34)20(16(5)32)27(36)31(30,38)28(37)23(29)26(21)35/h12,15,22,33,35-36,38H,8-11,13-14H2,1-7H3/t22?,29-,30-,31+/m1/s1. The number of ketones is 3. The zero-order valence-corrected chi connectivity index (χ0v) is 23.5. The lowest BCUT2D eigenvalue weighted by atomic mass is 9.43. The van der Waals surface area contributed by atoms with Crippen molar-refractivity contribution in [2.75, 3.05) is 0 Å². The Labute approximate surface area is 224 Å². The van der Waals surface area contributed by atoms with Crippen LogP contribution in [0, 0.1) is 22.7 Å². The van der Waals surface area contributed by atoms with Crippen LogP contribution in [0.5, 0.6) is 5.75 Å². The number of carbonyl (C=O) groups excluding carboxylic acids is 3. The Kier molecular flexibility index (Phi) is 6.71. The van der Waals surface area contributed by atoms with E-state index >= 15 is 0 Å². The Bertz CT molecular complexity index is 1320. The average molecular weight is 525 g/mol. The van der Waals surface area contributed by atoms with Crippen molar-refractivity contribution < 1.29 is 34.8 Å². The Balaban J connectivity index is 2.08. The molecular formula is C31H40O7. The van der Waals surface area contributed by atoms with Gasteiger partial charge in [0.2, 0.25) is 5.78 Å². The molecule has 3 aliphatic rings. The summed E-state index contributed by atoms with van der Waals surface area (Å²) in [5, 5.41) is 46.2. The Morgan fingerprint density at radius 2 is 1.74 bits per heavy atom. The second kappa shape index (κ2) is 9.08. The number of Topliss-reactive ketones (excluding diaryl/α,β-unsaturated/α-hetero) is 3. The lowest BCUT2D eigenvalue weighted by Gasteiger charge is -2.59. The molecule has 1 aromatic carbocycles. The molecular weight excluding hydrogens is 484 g/mol. The molecule has 0 aliphatic heterocycles. The smallest absolute Gasteiger partial charge is 0.203 e. The summed E-state index contributed by atoms with van der Waals surface area (Å²) in [5.74, 6) is -4.93. The summed E-state index contributed by atoms with van der Waals surface area (Å²) >= 11 is 0. The van der Waals surface area contributed by atoms with E-state index in [1.54, 1.807) is 20.8 Å². The monoisotopic (exact) mass is 524 g/mol. The fraction of sp³-hybridized carbons (Fsp3) is 0.581. The summed E-state index contributed by atoms with van der Waals surface area (Å²) in [6.45, 7) is 12.2. The normalized spacial score (nSPS) is 30.9. The molecule has 4 N–H and O–H groups in total. The van der Waals surface area contributed by atoms with Gasteiger partial charge in [-0.1, -0.05) is 54.0 Å². The Morgan fingerprint density at radius 3 is 2.26 bits per heavy atom. The molecule has 0 radical (unpaired) electrons. The van der Waals surface area contributed by atoms with Gasteiger partial charge in [-0.3, -0.25) is 14.4 Å². The molecule has 0 aromatic heterocycles. The van der Waals surface area contributed by atoms with Gasteiger partial charge in [-0.2, -0.15) is 0 Å². The maximum Gasteiger partial charge on any atom is 0.203 e. The van der Waals surface area contributed by atoms with E-state index in [4.69, 9.17) is 0 Å². The first-order chi connectivity index (χ1) is 17.6. The van der Waals surface area contributed by atoms with Crippen molar-refractivity contribution in [3.63, 3.8) is 0 Å². The predicted octanol–water partition coefficient (Wildman–Crippen LogP) is 5.09. The number of benzene rings is 1. The first-order valence-corrected chi connectivity index (χ1v) is 13.7. The van der Waals surface area contributed by atoms with E-state index < -0.39 is 56.8 Å². The van der Waals surface area contributed by atoms with Crippen molar-refractivity contribution in [3.05, 3.63) is 45.2 Å². The minimum Gasteiger partial charge on any atom is -0.508 e. The van der Waals surface area contributed by atoms with Gasteiger partial charge < -0.3 is 20.4 Å². The van der Waals surface area contributed by atoms with Crippen molar-refractivity contribution in [2.45, 2.75) is 92.6 Å². The van der Waals surface area contributed by atoms with E-state index in [1.165, 1.54) is 0 Å². The number of aromatic hydroxyl groups is 1. The molecule has 0 amide bonds. The molecule has 4 rings (SSSR count). The van der Waals surface area contributed by atoms with Gasteiger partial charge >= 0.3 is 0 Å². The van der Waals surface area contributed by atoms with Crippen LogP contribution in [0.2, 0.25) is 0 Å². The molecule has 1 fully saturated rings. The number of allylic oxidation sites excluding steroid dienone is 1. The van der Waals surface area contributed by atoms with Gasteiger partial charge in [0.25, 0.3) is 0 Å². The SMILES string of the molecule is CCCCc1cc(CC)c(O)c2c1C[C@]1(C)C[C@]3(C)C(C(C)C)C(=O)C(C(C)=O)=C(O)[C@]3(O)C(=O)C1=C2O. The van der Waals surface area contributed by atoms with Crippen LogP contribution in [-0.4, -0.2) is 43.4 Å². The lowest BCUT2D eigenvalue weighted by molar-refractivity contribution is -0.178. The van der Waals surface area contributed by atoms with Crippen molar-refractivity contribution >= 4 is 23.1 Å². The number of aliphatic hydroxyl groups excluding tert-OH is 2. The zero-order valence-electron chi connectivity index (χ0n) is 23.5. The Morgan fingerprint density at radius 1 is 1.11 bits per heavy atom. The number of aliphatic hydroxyl groups is 3. The summed E-state index contributed by atoms with van der Waals surface area (Å²) in [4.78, 5) is 40.4. The van der Waals surface area contributed by atoms with Crippen molar-refractivity contribution in [3.8, 4) is 5.75 Å². The number of aryl methyl sites for hydroxylation is 2. The van der Waals surface area contributed by atoms with Crippen LogP contribution >= 0.6 is 0 Å². The first kappa shape index (κ1) is 28.1. The third kappa shape index (κ3) is 3.47. The van der Waals surface area contributed by atoms with Gasteiger partial charge in [0.1, 0.15) is 22.8 Å². The van der Waals surface area contributed by atoms with Gasteiger partial charge in [0, 0.05) is 22.3 Å². The fourth-order valence-corrected chi connectivity index (χ4v) is 7.78. The fourth-order valence-electron chi connectivity index (χ4n) is 7.78. The van der Waals surface area contributed by atoms with Crippen LogP contribution in [0.15, 0.2) is 23.0 Å². The quantitative estimate of drug-likeness (QED) is 0.381. The van der Waals surface area contributed by atoms with Crippen LogP contribution in [-0.2, 0) is 33.6 Å². The van der Waals surface area contributed by atoms with Gasteiger partial charge in [0.15, 0.2) is 17.2 Å². The maximum absolute atomic E-state index is 14.4. The lowest BCUT2D eigenvalue weighted by Crippen LogP contribution is -2.69. The largest absolute Gasteiger partial charge is 0.508 e. The molecule has 0 bridgehead atoms. The van der Waals surface area contributed by atoms with Gasteiger partial charge in [-0.15, -0.1) is 0 Å². The highest BCUT2D eigenvalue weighted by Gasteiger charge is 2.72. The second-order valence-corrected chi connectivity index (χ2v) is 12.3. The van der Waals surface area contributed by atoms with Crippen molar-refractivity contribution in [1.29, 1.82) is 0 Å². The van der Waals surface area contributed by atoms with Crippen molar-refractivity contribution in [2.24, 2.45) is 22.7 Å². The highest BCUT2D eigenvalue weighted by Crippen LogP contribution is 2.65. The van der Waals surface area contributed by atoms with E-state index in [1.807, 2.05) is 19.9 Å². The number of rotatable bonds is 6. The third-order valence-corrected chi connectivity index (χ3v) is 9.36. The van der Waals surface area contributed by atoms with Gasteiger partial charge in [-0.25, -0.2) is 0 Å². The highest BCUT2D eigenvalue weighted by molar-refractivity contribution is 6.24. The molecule has 0 heterocycles. The molecule has 206 valence electrons. The average Bonchev–Trinajstić information content (AvgIpc) is 2.80. The van der Waals surface area contributed by atoms with Gasteiger partial charge in [0.05, 0.1) is 5.56 Å². The second-order valence-electron chi connectivity index (χ2n) is 12.3. The van der Waals surface area contributed by atoms with Crippen LogP contribution in [0.4, 0.5) is 0 Å². The molecule has 1 saturated carbocycles. The minimum atomic E-state index is -2.58. The van der Waals surface area contributed by atoms with Crippen LogP contribution in [0.1, 0.15) is 90.0 Å². The third-order valence-electron chi connectivity index (χ3n) is 9.36. The van der Waals surface area contributed by atoms with E-state index in [0.29, 0.717) is 18.4 Å². The van der Waals surface area contributed by atoms with E-state index in [-0.39, 0.29) is 29.2 Å². The number of carbonyl (C=O) groups is 3. The maximum atomic E-state index is 14.4. The molecule has 7 heteroatoms.